The fraction of sp³-hybridized carbons (Fsp3) is 0.444. The highest BCUT2D eigenvalue weighted by Gasteiger charge is 2.16. The highest BCUT2D eigenvalue weighted by atomic mass is 16.5. The topological polar surface area (TPSA) is 103 Å². The molecule has 7 heteroatoms. The van der Waals surface area contributed by atoms with Gasteiger partial charge in [0, 0.05) is 13.2 Å². The van der Waals surface area contributed by atoms with Gasteiger partial charge in [0.15, 0.2) is 0 Å². The first-order valence-corrected chi connectivity index (χ1v) is 4.91. The highest BCUT2D eigenvalue weighted by molar-refractivity contribution is 5.50. The second kappa shape index (κ2) is 4.42. The molecule has 2 rings (SSSR count). The minimum Gasteiger partial charge on any atom is -0.383 e. The molecule has 0 aliphatic carbocycles. The average molecular weight is 223 g/mol. The van der Waals surface area contributed by atoms with Gasteiger partial charge in [-0.2, -0.15) is 10.1 Å². The molecule has 2 aromatic rings. The van der Waals surface area contributed by atoms with E-state index in [0.29, 0.717) is 18.8 Å². The van der Waals surface area contributed by atoms with E-state index in [1.54, 1.807) is 24.1 Å². The molecule has 2 heterocycles. The first-order valence-electron chi connectivity index (χ1n) is 4.91. The van der Waals surface area contributed by atoms with E-state index < -0.39 is 6.10 Å². The third kappa shape index (κ3) is 2.10. The van der Waals surface area contributed by atoms with Crippen LogP contribution in [0.3, 0.4) is 0 Å². The van der Waals surface area contributed by atoms with Crippen LogP contribution >= 0.6 is 0 Å². The Labute approximate surface area is 91.9 Å². The van der Waals surface area contributed by atoms with Gasteiger partial charge in [-0.05, 0) is 13.0 Å². The van der Waals surface area contributed by atoms with Crippen molar-refractivity contribution in [3.8, 4) is 11.4 Å². The Hall–Kier alpha value is -1.73. The van der Waals surface area contributed by atoms with E-state index in [9.17, 15) is 5.11 Å². The van der Waals surface area contributed by atoms with Crippen molar-refractivity contribution in [2.45, 2.75) is 12.5 Å². The van der Waals surface area contributed by atoms with Gasteiger partial charge in [-0.15, -0.1) is 0 Å². The van der Waals surface area contributed by atoms with Crippen LogP contribution in [0.15, 0.2) is 16.9 Å². The highest BCUT2D eigenvalue weighted by Crippen LogP contribution is 2.19. The van der Waals surface area contributed by atoms with Crippen LogP contribution in [0.25, 0.3) is 11.4 Å². The van der Waals surface area contributed by atoms with Crippen LogP contribution in [0, 0.1) is 0 Å². The quantitative estimate of drug-likeness (QED) is 0.747. The molecule has 0 amide bonds. The first-order chi connectivity index (χ1) is 7.70. The predicted molar refractivity (Wildman–Crippen MR) is 55.1 cm³/mol. The van der Waals surface area contributed by atoms with Crippen molar-refractivity contribution in [1.29, 1.82) is 0 Å². The molecule has 0 bridgehead atoms. The molecule has 0 spiro atoms. The van der Waals surface area contributed by atoms with Crippen molar-refractivity contribution in [1.82, 2.24) is 19.9 Å². The second-order valence-electron chi connectivity index (χ2n) is 3.45. The summed E-state index contributed by atoms with van der Waals surface area (Å²) < 4.78 is 6.58. The Bertz CT molecular complexity index is 464. The van der Waals surface area contributed by atoms with E-state index in [2.05, 4.69) is 15.2 Å². The van der Waals surface area contributed by atoms with Crippen molar-refractivity contribution in [2.75, 3.05) is 6.54 Å². The molecule has 2 aromatic heterocycles. The molecule has 86 valence electrons. The van der Waals surface area contributed by atoms with Crippen molar-refractivity contribution >= 4 is 0 Å². The largest absolute Gasteiger partial charge is 0.383 e. The fourth-order valence-corrected chi connectivity index (χ4v) is 1.31. The third-order valence-electron chi connectivity index (χ3n) is 2.13. The van der Waals surface area contributed by atoms with Crippen LogP contribution < -0.4 is 5.73 Å². The maximum Gasteiger partial charge on any atom is 0.255 e. The van der Waals surface area contributed by atoms with Gasteiger partial charge in [-0.1, -0.05) is 5.16 Å². The lowest BCUT2D eigenvalue weighted by Gasteiger charge is -2.00. The van der Waals surface area contributed by atoms with Crippen molar-refractivity contribution in [3.05, 3.63) is 18.3 Å². The fourth-order valence-electron chi connectivity index (χ4n) is 1.31. The monoisotopic (exact) mass is 223 g/mol. The van der Waals surface area contributed by atoms with E-state index in [1.807, 2.05) is 0 Å². The van der Waals surface area contributed by atoms with Crippen LogP contribution in [0.4, 0.5) is 0 Å². The van der Waals surface area contributed by atoms with Crippen molar-refractivity contribution in [3.63, 3.8) is 0 Å². The third-order valence-corrected chi connectivity index (χ3v) is 2.13. The molecule has 0 aliphatic rings. The Kier molecular flexibility index (Phi) is 2.97. The Balaban J connectivity index is 2.19. The number of aryl methyl sites for hydroxylation is 1. The van der Waals surface area contributed by atoms with Crippen LogP contribution in [0.1, 0.15) is 18.4 Å². The number of aliphatic hydroxyl groups excluding tert-OH is 1. The number of aliphatic hydroxyl groups is 1. The Morgan fingerprint density at radius 3 is 3.06 bits per heavy atom. The molecule has 0 radical (unpaired) electrons. The van der Waals surface area contributed by atoms with Gasteiger partial charge in [0.25, 0.3) is 5.89 Å². The number of aromatic nitrogens is 4. The molecule has 0 saturated heterocycles. The molecule has 7 nitrogen and oxygen atoms in total. The summed E-state index contributed by atoms with van der Waals surface area (Å²) in [5.41, 5.74) is 6.07. The van der Waals surface area contributed by atoms with E-state index in [0.717, 1.165) is 5.56 Å². The van der Waals surface area contributed by atoms with Gasteiger partial charge < -0.3 is 15.4 Å². The van der Waals surface area contributed by atoms with E-state index in [4.69, 9.17) is 10.3 Å². The van der Waals surface area contributed by atoms with Crippen LogP contribution in [0.5, 0.6) is 0 Å². The summed E-state index contributed by atoms with van der Waals surface area (Å²) in [6.07, 6.45) is 2.99. The number of hydrogen-bond donors (Lipinski definition) is 2. The van der Waals surface area contributed by atoms with E-state index >= 15 is 0 Å². The summed E-state index contributed by atoms with van der Waals surface area (Å²) in [5, 5.41) is 17.3. The summed E-state index contributed by atoms with van der Waals surface area (Å²) in [4.78, 5) is 4.08. The number of rotatable bonds is 4. The van der Waals surface area contributed by atoms with E-state index in [1.165, 1.54) is 0 Å². The van der Waals surface area contributed by atoms with Crippen LogP contribution in [-0.4, -0.2) is 31.6 Å². The maximum atomic E-state index is 9.59. The molecule has 1 atom stereocenters. The first kappa shape index (κ1) is 10.8. The average Bonchev–Trinajstić information content (AvgIpc) is 2.85. The molecule has 16 heavy (non-hydrogen) atoms. The number of hydrogen-bond acceptors (Lipinski definition) is 6. The SMILES string of the molecule is Cn1cc(-c2noc(C(O)CCN)n2)cn1. The summed E-state index contributed by atoms with van der Waals surface area (Å²) in [5.74, 6) is 0.600. The van der Waals surface area contributed by atoms with Crippen molar-refractivity contribution < 1.29 is 9.63 Å². The number of nitrogens with zero attached hydrogens (tertiary/aromatic N) is 4. The van der Waals surface area contributed by atoms with Gasteiger partial charge >= 0.3 is 0 Å². The van der Waals surface area contributed by atoms with Crippen LogP contribution in [-0.2, 0) is 7.05 Å². The lowest BCUT2D eigenvalue weighted by Crippen LogP contribution is -2.06. The standard InChI is InChI=1S/C9H13N5O2/c1-14-5-6(4-11-14)8-12-9(16-13-8)7(15)2-3-10/h4-5,7,15H,2-3,10H2,1H3. The van der Waals surface area contributed by atoms with Gasteiger partial charge in [0.2, 0.25) is 5.82 Å². The zero-order valence-corrected chi connectivity index (χ0v) is 8.87. The zero-order valence-electron chi connectivity index (χ0n) is 8.87. The Morgan fingerprint density at radius 2 is 2.44 bits per heavy atom. The predicted octanol–water partition coefficient (Wildman–Crippen LogP) is -0.148. The maximum absolute atomic E-state index is 9.59. The molecule has 0 aliphatic heterocycles. The van der Waals surface area contributed by atoms with E-state index in [-0.39, 0.29) is 5.89 Å². The minimum atomic E-state index is -0.803. The number of nitrogens with two attached hydrogens (primary N) is 1. The molecule has 0 aromatic carbocycles. The molecule has 1 unspecified atom stereocenters. The molecule has 0 saturated carbocycles. The summed E-state index contributed by atoms with van der Waals surface area (Å²) >= 11 is 0. The second-order valence-corrected chi connectivity index (χ2v) is 3.45. The lowest BCUT2D eigenvalue weighted by atomic mass is 10.2. The molecule has 3 N–H and O–H groups in total. The van der Waals surface area contributed by atoms with Gasteiger partial charge in [-0.25, -0.2) is 0 Å². The summed E-state index contributed by atoms with van der Waals surface area (Å²) in [7, 11) is 1.80. The smallest absolute Gasteiger partial charge is 0.255 e. The zero-order chi connectivity index (χ0) is 11.5. The van der Waals surface area contributed by atoms with Gasteiger partial charge in [0.05, 0.1) is 11.8 Å². The molecular formula is C9H13N5O2. The summed E-state index contributed by atoms with van der Waals surface area (Å²) in [6.45, 7) is 0.367. The lowest BCUT2D eigenvalue weighted by molar-refractivity contribution is 0.127. The molecule has 0 fully saturated rings. The van der Waals surface area contributed by atoms with Crippen molar-refractivity contribution in [2.24, 2.45) is 12.8 Å². The van der Waals surface area contributed by atoms with Crippen LogP contribution in [0.2, 0.25) is 0 Å². The normalized spacial score (nSPS) is 12.9. The Morgan fingerprint density at radius 1 is 1.62 bits per heavy atom. The summed E-state index contributed by atoms with van der Waals surface area (Å²) in [6, 6.07) is 0. The van der Waals surface area contributed by atoms with Gasteiger partial charge in [0.1, 0.15) is 6.10 Å². The molecular weight excluding hydrogens is 210 g/mol. The minimum absolute atomic E-state index is 0.185. The van der Waals surface area contributed by atoms with Gasteiger partial charge in [-0.3, -0.25) is 4.68 Å².